The van der Waals surface area contributed by atoms with Crippen molar-refractivity contribution >= 4 is 34.5 Å². The first kappa shape index (κ1) is 26.4. The molecule has 0 spiro atoms. The first-order chi connectivity index (χ1) is 19.7. The number of hydrogen-bond donors (Lipinski definition) is 2. The molecule has 1 atom stereocenters. The van der Waals surface area contributed by atoms with Gasteiger partial charge < -0.3 is 25.3 Å². The van der Waals surface area contributed by atoms with E-state index in [-0.39, 0.29) is 42.9 Å². The number of ether oxygens (including phenoxy) is 1. The van der Waals surface area contributed by atoms with Gasteiger partial charge in [-0.25, -0.2) is 23.5 Å². The van der Waals surface area contributed by atoms with E-state index in [1.807, 2.05) is 23.7 Å². The second kappa shape index (κ2) is 10.3. The molecule has 3 N–H and O–H groups in total. The van der Waals surface area contributed by atoms with Crippen LogP contribution in [0.2, 0.25) is 0 Å². The number of carbonyl (C=O) groups is 2. The van der Waals surface area contributed by atoms with Crippen molar-refractivity contribution in [2.75, 3.05) is 24.1 Å². The number of aromatic nitrogens is 3. The van der Waals surface area contributed by atoms with E-state index < -0.39 is 18.1 Å². The summed E-state index contributed by atoms with van der Waals surface area (Å²) in [6.07, 6.45) is 1.66. The van der Waals surface area contributed by atoms with Gasteiger partial charge >= 0.3 is 6.09 Å². The fourth-order valence-corrected chi connectivity index (χ4v) is 5.22. The number of aryl methyl sites for hydroxylation is 1. The van der Waals surface area contributed by atoms with Gasteiger partial charge in [-0.3, -0.25) is 4.79 Å². The number of nitrogens with one attached hydrogen (secondary N) is 1. The number of halogens is 2. The van der Waals surface area contributed by atoms with E-state index in [4.69, 9.17) is 10.5 Å². The highest BCUT2D eigenvalue weighted by molar-refractivity contribution is 6.08. The fraction of sp³-hybridized carbons (Fsp3) is 0.267. The molecular formula is C30H28F2N6O3. The molecule has 2 fully saturated rings. The average Bonchev–Trinajstić information content (AvgIpc) is 3.64. The first-order valence-corrected chi connectivity index (χ1v) is 13.3. The smallest absolute Gasteiger partial charge is 0.407 e. The van der Waals surface area contributed by atoms with Crippen molar-refractivity contribution < 1.29 is 23.1 Å². The van der Waals surface area contributed by atoms with Crippen LogP contribution >= 0.6 is 0 Å². The molecule has 11 heteroatoms. The number of anilines is 2. The third-order valence-electron chi connectivity index (χ3n) is 7.58. The Balaban J connectivity index is 1.35. The number of nitrogens with zero attached hydrogens (tertiary/aromatic N) is 4. The molecule has 1 aliphatic heterocycles. The largest absolute Gasteiger partial charge is 0.415 e. The second-order valence-electron chi connectivity index (χ2n) is 10.4. The Kier molecular flexibility index (Phi) is 6.64. The van der Waals surface area contributed by atoms with Crippen LogP contribution in [-0.2, 0) is 11.8 Å². The minimum Gasteiger partial charge on any atom is -0.407 e. The third-order valence-corrected chi connectivity index (χ3v) is 7.58. The number of likely N-dealkylation sites (tertiary alicyclic amines) is 1. The van der Waals surface area contributed by atoms with Gasteiger partial charge in [0.05, 0.1) is 17.6 Å². The highest BCUT2D eigenvalue weighted by atomic mass is 19.1. The second-order valence-corrected chi connectivity index (χ2v) is 10.4. The summed E-state index contributed by atoms with van der Waals surface area (Å²) in [5.41, 5.74) is 10.6. The maximum Gasteiger partial charge on any atom is 0.415 e. The van der Waals surface area contributed by atoms with Crippen LogP contribution in [0.4, 0.5) is 25.1 Å². The number of rotatable bonds is 6. The number of fused-ring (bicyclic) bond motifs is 1. The molecule has 9 nitrogen and oxygen atoms in total. The van der Waals surface area contributed by atoms with Gasteiger partial charge in [-0.05, 0) is 60.6 Å². The molecule has 2 aromatic carbocycles. The van der Waals surface area contributed by atoms with Gasteiger partial charge in [-0.15, -0.1) is 0 Å². The number of nitrogen functional groups attached to an aromatic ring is 1. The number of amides is 2. The van der Waals surface area contributed by atoms with Crippen LogP contribution < -0.4 is 15.8 Å². The lowest BCUT2D eigenvalue weighted by Gasteiger charge is -2.16. The molecule has 210 valence electrons. The van der Waals surface area contributed by atoms with E-state index in [1.165, 1.54) is 23.4 Å². The third kappa shape index (κ3) is 4.99. The van der Waals surface area contributed by atoms with Crippen LogP contribution in [-0.4, -0.2) is 50.7 Å². The highest BCUT2D eigenvalue weighted by Crippen LogP contribution is 2.43. The number of hydrogen-bond acceptors (Lipinski definition) is 6. The SMILES string of the molecule is C=C(C(=O)Nc1ccc(-c2c(-c3ccc(OC(=O)N4CCC(F)C4)c(F)c3)c3c(N)ncnc3n2C)cc1)C1CC1. The molecular weight excluding hydrogens is 530 g/mol. The fourth-order valence-electron chi connectivity index (χ4n) is 5.22. The molecule has 0 radical (unpaired) electrons. The predicted molar refractivity (Wildman–Crippen MR) is 151 cm³/mol. The van der Waals surface area contributed by atoms with Crippen molar-refractivity contribution in [3.63, 3.8) is 0 Å². The van der Waals surface area contributed by atoms with Gasteiger partial charge in [0.25, 0.3) is 5.91 Å². The lowest BCUT2D eigenvalue weighted by molar-refractivity contribution is -0.113. The van der Waals surface area contributed by atoms with E-state index in [0.29, 0.717) is 39.1 Å². The van der Waals surface area contributed by atoms with Crippen LogP contribution in [0.25, 0.3) is 33.4 Å². The van der Waals surface area contributed by atoms with Crippen molar-refractivity contribution in [3.8, 4) is 28.1 Å². The molecule has 6 rings (SSSR count). The predicted octanol–water partition coefficient (Wildman–Crippen LogP) is 5.47. The first-order valence-electron chi connectivity index (χ1n) is 13.3. The van der Waals surface area contributed by atoms with Gasteiger partial charge in [-0.1, -0.05) is 24.8 Å². The van der Waals surface area contributed by atoms with E-state index in [1.54, 1.807) is 18.2 Å². The number of alkyl halides is 1. The maximum atomic E-state index is 15.3. The number of benzene rings is 2. The van der Waals surface area contributed by atoms with Crippen molar-refractivity contribution in [1.29, 1.82) is 0 Å². The summed E-state index contributed by atoms with van der Waals surface area (Å²) < 4.78 is 35.9. The highest BCUT2D eigenvalue weighted by Gasteiger charge is 2.30. The van der Waals surface area contributed by atoms with E-state index in [0.717, 1.165) is 18.4 Å². The quantitative estimate of drug-likeness (QED) is 0.303. The van der Waals surface area contributed by atoms with Gasteiger partial charge in [0, 0.05) is 30.4 Å². The number of nitrogens with two attached hydrogens (primary N) is 1. The van der Waals surface area contributed by atoms with Crippen molar-refractivity contribution in [2.24, 2.45) is 13.0 Å². The summed E-state index contributed by atoms with van der Waals surface area (Å²) in [5.74, 6) is -0.740. The van der Waals surface area contributed by atoms with Crippen LogP contribution in [0.15, 0.2) is 60.9 Å². The van der Waals surface area contributed by atoms with Crippen LogP contribution in [0, 0.1) is 11.7 Å². The number of carbonyl (C=O) groups excluding carboxylic acids is 2. The van der Waals surface area contributed by atoms with Crippen LogP contribution in [0.1, 0.15) is 19.3 Å². The average molecular weight is 559 g/mol. The van der Waals surface area contributed by atoms with Gasteiger partial charge in [0.15, 0.2) is 11.6 Å². The molecule has 3 heterocycles. The Morgan fingerprint density at radius 3 is 2.49 bits per heavy atom. The minimum atomic E-state index is -1.11. The van der Waals surface area contributed by atoms with Crippen molar-refractivity contribution in [2.45, 2.75) is 25.4 Å². The zero-order chi connectivity index (χ0) is 28.8. The summed E-state index contributed by atoms with van der Waals surface area (Å²) in [7, 11) is 1.82. The minimum absolute atomic E-state index is 0.0745. The van der Waals surface area contributed by atoms with Crippen molar-refractivity contribution in [1.82, 2.24) is 19.4 Å². The van der Waals surface area contributed by atoms with Gasteiger partial charge in [0.2, 0.25) is 0 Å². The summed E-state index contributed by atoms with van der Waals surface area (Å²) in [6.45, 7) is 4.05. The molecule has 0 bridgehead atoms. The molecule has 2 aromatic heterocycles. The Bertz CT molecular complexity index is 1700. The molecule has 4 aromatic rings. The molecule has 2 amide bonds. The zero-order valence-electron chi connectivity index (χ0n) is 22.4. The Labute approximate surface area is 234 Å². The van der Waals surface area contributed by atoms with Gasteiger partial charge in [-0.2, -0.15) is 0 Å². The molecule has 1 saturated carbocycles. The molecule has 1 unspecified atom stereocenters. The zero-order valence-corrected chi connectivity index (χ0v) is 22.4. The molecule has 1 aliphatic carbocycles. The monoisotopic (exact) mass is 558 g/mol. The van der Waals surface area contributed by atoms with Crippen LogP contribution in [0.5, 0.6) is 5.75 Å². The molecule has 41 heavy (non-hydrogen) atoms. The van der Waals surface area contributed by atoms with E-state index in [9.17, 15) is 14.0 Å². The molecule has 1 saturated heterocycles. The summed E-state index contributed by atoms with van der Waals surface area (Å²) in [4.78, 5) is 34.7. The Hall–Kier alpha value is -4.80. The molecule has 2 aliphatic rings. The van der Waals surface area contributed by atoms with Crippen molar-refractivity contribution in [3.05, 3.63) is 66.8 Å². The van der Waals surface area contributed by atoms with E-state index in [2.05, 4.69) is 21.9 Å². The standard InChI is InChI=1S/C30H28F2N6O3/c1-16(17-3-4-17)29(39)36-21-8-5-18(6-9-21)26-24(25-27(33)34-15-35-28(25)37(26)2)19-7-10-23(22(32)13-19)41-30(40)38-12-11-20(31)14-38/h5-10,13,15,17,20H,1,3-4,11-12,14H2,2H3,(H,36,39)(H2,33,34,35). The van der Waals surface area contributed by atoms with Gasteiger partial charge in [0.1, 0.15) is 24.0 Å². The van der Waals surface area contributed by atoms with Crippen LogP contribution in [0.3, 0.4) is 0 Å². The Morgan fingerprint density at radius 1 is 1.10 bits per heavy atom. The summed E-state index contributed by atoms with van der Waals surface area (Å²) >= 11 is 0. The normalized spacial score (nSPS) is 16.7. The summed E-state index contributed by atoms with van der Waals surface area (Å²) in [6, 6.07) is 11.5. The Morgan fingerprint density at radius 2 is 1.83 bits per heavy atom. The lowest BCUT2D eigenvalue weighted by atomic mass is 9.98. The maximum absolute atomic E-state index is 15.3. The van der Waals surface area contributed by atoms with E-state index >= 15 is 4.39 Å². The lowest BCUT2D eigenvalue weighted by Crippen LogP contribution is -2.31. The topological polar surface area (TPSA) is 115 Å². The summed E-state index contributed by atoms with van der Waals surface area (Å²) in [5, 5.41) is 3.43.